The van der Waals surface area contributed by atoms with Crippen LogP contribution in [0.4, 0.5) is 5.82 Å². The van der Waals surface area contributed by atoms with Crippen LogP contribution in [0.1, 0.15) is 32.1 Å². The Morgan fingerprint density at radius 1 is 1.45 bits per heavy atom. The summed E-state index contributed by atoms with van der Waals surface area (Å²) in [5, 5.41) is 6.96. The monoisotopic (exact) mass is 295 g/mol. The number of sulfone groups is 1. The molecule has 1 saturated carbocycles. The average Bonchev–Trinajstić information content (AvgIpc) is 2.37. The zero-order valence-corrected chi connectivity index (χ0v) is 12.5. The minimum absolute atomic E-state index is 0.288. The molecule has 1 aromatic rings. The van der Waals surface area contributed by atoms with Crippen molar-refractivity contribution < 1.29 is 8.42 Å². The van der Waals surface area contributed by atoms with Crippen LogP contribution in [0.2, 0.25) is 0 Å². The number of aromatic nitrogens is 1. The smallest absolute Gasteiger partial charge is 0.179 e. The number of rotatable bonds is 3. The molecule has 0 amide bonds. The first-order chi connectivity index (χ1) is 9.49. The van der Waals surface area contributed by atoms with Crippen molar-refractivity contribution in [3.8, 4) is 0 Å². The summed E-state index contributed by atoms with van der Waals surface area (Å²) in [6, 6.07) is 3.58. The number of hydrogen-bond acceptors (Lipinski definition) is 5. The molecular weight excluding hydrogens is 274 g/mol. The Bertz CT molecular complexity index is 596. The van der Waals surface area contributed by atoms with Crippen LogP contribution in [0.25, 0.3) is 0 Å². The fourth-order valence-electron chi connectivity index (χ4n) is 3.26. The summed E-state index contributed by atoms with van der Waals surface area (Å²) in [6.45, 7) is 0.985. The standard InChI is InChI=1S/C14H21N3O2S/c1-20(18,19)12-4-2-8-15-13(12)17-11-5-9-16-14(10-11)6-3-7-14/h2,4,8,11,16H,3,5-7,9-10H2,1H3,(H,15,17). The second-order valence-electron chi connectivity index (χ2n) is 6.02. The maximum Gasteiger partial charge on any atom is 0.179 e. The van der Waals surface area contributed by atoms with Gasteiger partial charge in [0, 0.05) is 24.0 Å². The van der Waals surface area contributed by atoms with Crippen molar-refractivity contribution in [3.05, 3.63) is 18.3 Å². The molecule has 20 heavy (non-hydrogen) atoms. The molecule has 2 heterocycles. The van der Waals surface area contributed by atoms with Gasteiger partial charge in [-0.15, -0.1) is 0 Å². The summed E-state index contributed by atoms with van der Waals surface area (Å²) in [7, 11) is -3.25. The van der Waals surface area contributed by atoms with Crippen molar-refractivity contribution in [2.45, 2.75) is 48.6 Å². The summed E-state index contributed by atoms with van der Waals surface area (Å²) in [5.41, 5.74) is 0.288. The summed E-state index contributed by atoms with van der Waals surface area (Å²) in [5.74, 6) is 0.497. The lowest BCUT2D eigenvalue weighted by molar-refractivity contribution is 0.135. The van der Waals surface area contributed by atoms with Crippen molar-refractivity contribution >= 4 is 15.7 Å². The second-order valence-corrected chi connectivity index (χ2v) is 8.00. The number of nitrogens with zero attached hydrogens (tertiary/aromatic N) is 1. The molecule has 0 bridgehead atoms. The van der Waals surface area contributed by atoms with Gasteiger partial charge in [-0.2, -0.15) is 0 Å². The SMILES string of the molecule is CS(=O)(=O)c1cccnc1NC1CCNC2(CCC2)C1. The number of pyridine rings is 1. The van der Waals surface area contributed by atoms with Gasteiger partial charge < -0.3 is 10.6 Å². The van der Waals surface area contributed by atoms with Gasteiger partial charge in [0.2, 0.25) is 0 Å². The van der Waals surface area contributed by atoms with Crippen molar-refractivity contribution in [2.24, 2.45) is 0 Å². The van der Waals surface area contributed by atoms with Gasteiger partial charge in [-0.25, -0.2) is 13.4 Å². The van der Waals surface area contributed by atoms with Crippen LogP contribution in [0.15, 0.2) is 23.2 Å². The highest BCUT2D eigenvalue weighted by Crippen LogP contribution is 2.39. The van der Waals surface area contributed by atoms with Gasteiger partial charge in [0.15, 0.2) is 9.84 Å². The van der Waals surface area contributed by atoms with Crippen LogP contribution in [-0.4, -0.2) is 37.8 Å². The summed E-state index contributed by atoms with van der Waals surface area (Å²) < 4.78 is 23.6. The molecule has 0 radical (unpaired) electrons. The lowest BCUT2D eigenvalue weighted by Crippen LogP contribution is -2.58. The van der Waals surface area contributed by atoms with E-state index in [2.05, 4.69) is 15.6 Å². The molecule has 1 spiro atoms. The third kappa shape index (κ3) is 2.67. The summed E-state index contributed by atoms with van der Waals surface area (Å²) >= 11 is 0. The zero-order chi connectivity index (χ0) is 14.2. The van der Waals surface area contributed by atoms with Gasteiger partial charge in [0.05, 0.1) is 0 Å². The number of anilines is 1. The Hall–Kier alpha value is -1.14. The Morgan fingerprint density at radius 3 is 2.90 bits per heavy atom. The molecule has 0 aromatic carbocycles. The third-order valence-corrected chi connectivity index (χ3v) is 5.58. The van der Waals surface area contributed by atoms with Gasteiger partial charge in [-0.3, -0.25) is 0 Å². The molecule has 2 N–H and O–H groups in total. The molecule has 1 aromatic heterocycles. The predicted octanol–water partition coefficient (Wildman–Crippen LogP) is 1.57. The van der Waals surface area contributed by atoms with Crippen LogP contribution in [-0.2, 0) is 9.84 Å². The average molecular weight is 295 g/mol. The summed E-state index contributed by atoms with van der Waals surface area (Å²) in [6.07, 6.45) is 8.66. The van der Waals surface area contributed by atoms with Crippen molar-refractivity contribution in [1.82, 2.24) is 10.3 Å². The van der Waals surface area contributed by atoms with Crippen molar-refractivity contribution in [1.29, 1.82) is 0 Å². The molecule has 1 unspecified atom stereocenters. The molecule has 3 rings (SSSR count). The fraction of sp³-hybridized carbons (Fsp3) is 0.643. The molecule has 1 aliphatic carbocycles. The van der Waals surface area contributed by atoms with Gasteiger partial charge in [-0.05, 0) is 50.8 Å². The van der Waals surface area contributed by atoms with Crippen LogP contribution >= 0.6 is 0 Å². The van der Waals surface area contributed by atoms with Gasteiger partial charge in [0.25, 0.3) is 0 Å². The summed E-state index contributed by atoms with van der Waals surface area (Å²) in [4.78, 5) is 4.51. The van der Waals surface area contributed by atoms with Gasteiger partial charge in [-0.1, -0.05) is 0 Å². The van der Waals surface area contributed by atoms with Crippen molar-refractivity contribution in [3.63, 3.8) is 0 Å². The highest BCUT2D eigenvalue weighted by atomic mass is 32.2. The van der Waals surface area contributed by atoms with E-state index in [1.807, 2.05) is 0 Å². The van der Waals surface area contributed by atoms with Gasteiger partial charge in [0.1, 0.15) is 10.7 Å². The Labute approximate surface area is 120 Å². The lowest BCUT2D eigenvalue weighted by atomic mass is 9.70. The van der Waals surface area contributed by atoms with E-state index in [4.69, 9.17) is 0 Å². The van der Waals surface area contributed by atoms with Crippen LogP contribution in [0.3, 0.4) is 0 Å². The minimum atomic E-state index is -3.25. The van der Waals surface area contributed by atoms with Crippen LogP contribution < -0.4 is 10.6 Å². The first-order valence-corrected chi connectivity index (χ1v) is 9.04. The normalized spacial score (nSPS) is 25.1. The quantitative estimate of drug-likeness (QED) is 0.886. The zero-order valence-electron chi connectivity index (χ0n) is 11.7. The van der Waals surface area contributed by atoms with Crippen molar-refractivity contribution in [2.75, 3.05) is 18.1 Å². The second kappa shape index (κ2) is 5.00. The topological polar surface area (TPSA) is 71.1 Å². The number of hydrogen-bond donors (Lipinski definition) is 2. The maximum absolute atomic E-state index is 11.8. The van der Waals surface area contributed by atoms with E-state index in [-0.39, 0.29) is 5.54 Å². The first kappa shape index (κ1) is 13.8. The minimum Gasteiger partial charge on any atom is -0.366 e. The van der Waals surface area contributed by atoms with E-state index in [9.17, 15) is 8.42 Å². The number of nitrogens with one attached hydrogen (secondary N) is 2. The first-order valence-electron chi connectivity index (χ1n) is 7.15. The van der Waals surface area contributed by atoms with E-state index in [0.717, 1.165) is 19.4 Å². The lowest BCUT2D eigenvalue weighted by Gasteiger charge is -2.48. The molecule has 6 heteroatoms. The maximum atomic E-state index is 11.8. The molecule has 1 saturated heterocycles. The third-order valence-electron chi connectivity index (χ3n) is 4.45. The Balaban J connectivity index is 1.78. The molecule has 2 aliphatic rings. The molecule has 2 fully saturated rings. The highest BCUT2D eigenvalue weighted by Gasteiger charge is 2.41. The molecule has 1 aliphatic heterocycles. The van der Waals surface area contributed by atoms with Crippen LogP contribution in [0.5, 0.6) is 0 Å². The molecule has 1 atom stereocenters. The molecule has 5 nitrogen and oxygen atoms in total. The van der Waals surface area contributed by atoms with Crippen LogP contribution in [0, 0.1) is 0 Å². The highest BCUT2D eigenvalue weighted by molar-refractivity contribution is 7.90. The van der Waals surface area contributed by atoms with E-state index >= 15 is 0 Å². The van der Waals surface area contributed by atoms with E-state index < -0.39 is 9.84 Å². The molecule has 110 valence electrons. The fourth-order valence-corrected chi connectivity index (χ4v) is 4.05. The van der Waals surface area contributed by atoms with E-state index in [1.54, 1.807) is 18.3 Å². The van der Waals surface area contributed by atoms with E-state index in [0.29, 0.717) is 16.8 Å². The predicted molar refractivity (Wildman–Crippen MR) is 78.6 cm³/mol. The molecular formula is C14H21N3O2S. The number of piperidine rings is 1. The Morgan fingerprint density at radius 2 is 2.25 bits per heavy atom. The Kier molecular flexibility index (Phi) is 3.46. The van der Waals surface area contributed by atoms with Gasteiger partial charge >= 0.3 is 0 Å². The van der Waals surface area contributed by atoms with E-state index in [1.165, 1.54) is 25.5 Å². The largest absolute Gasteiger partial charge is 0.366 e.